The molecule has 3 N–H and O–H groups in total. The summed E-state index contributed by atoms with van der Waals surface area (Å²) in [6.45, 7) is 4.58. The highest BCUT2D eigenvalue weighted by molar-refractivity contribution is 5.25. The molecule has 1 aliphatic carbocycles. The highest BCUT2D eigenvalue weighted by Gasteiger charge is 2.44. The van der Waals surface area contributed by atoms with Crippen LogP contribution in [0.1, 0.15) is 51.1 Å². The molecule has 1 fully saturated rings. The molecule has 0 aromatic heterocycles. The molecule has 2 rings (SSSR count). The fourth-order valence-corrected chi connectivity index (χ4v) is 3.57. The van der Waals surface area contributed by atoms with Crippen molar-refractivity contribution in [3.05, 3.63) is 35.4 Å². The summed E-state index contributed by atoms with van der Waals surface area (Å²) >= 11 is 0. The number of hydrogen-bond donors (Lipinski definition) is 2. The smallest absolute Gasteiger partial charge is 0.128 e. The van der Waals surface area contributed by atoms with Gasteiger partial charge < -0.3 is 4.74 Å². The van der Waals surface area contributed by atoms with Crippen molar-refractivity contribution in [2.75, 3.05) is 6.61 Å². The van der Waals surface area contributed by atoms with Gasteiger partial charge in [0.2, 0.25) is 0 Å². The molecular formula is C16H24F2N2O. The average Bonchev–Trinajstić information content (AvgIpc) is 2.43. The molecule has 5 heteroatoms. The first kappa shape index (κ1) is 16.3. The van der Waals surface area contributed by atoms with Gasteiger partial charge in [0.15, 0.2) is 0 Å². The molecule has 1 aromatic rings. The molecule has 1 saturated carbocycles. The Morgan fingerprint density at radius 2 is 2.24 bits per heavy atom. The Bertz CT molecular complexity index is 479. The summed E-state index contributed by atoms with van der Waals surface area (Å²) in [6, 6.07) is 2.90. The van der Waals surface area contributed by atoms with Gasteiger partial charge in [0.25, 0.3) is 0 Å². The number of nitrogens with one attached hydrogen (secondary N) is 1. The minimum absolute atomic E-state index is 0.236. The molecule has 118 valence electrons. The Morgan fingerprint density at radius 1 is 1.48 bits per heavy atom. The second-order valence-corrected chi connectivity index (χ2v) is 5.96. The molecule has 3 nitrogen and oxygen atoms in total. The highest BCUT2D eigenvalue weighted by Crippen LogP contribution is 2.44. The average molecular weight is 298 g/mol. The van der Waals surface area contributed by atoms with Gasteiger partial charge in [-0.15, -0.1) is 0 Å². The lowest BCUT2D eigenvalue weighted by atomic mass is 9.72. The van der Waals surface area contributed by atoms with Gasteiger partial charge >= 0.3 is 0 Å². The molecule has 3 unspecified atom stereocenters. The Hall–Kier alpha value is -1.04. The number of rotatable bonds is 5. The summed E-state index contributed by atoms with van der Waals surface area (Å²) < 4.78 is 33.7. The first-order valence-electron chi connectivity index (χ1n) is 7.57. The highest BCUT2D eigenvalue weighted by atomic mass is 19.1. The number of nitrogens with two attached hydrogens (primary N) is 1. The molecular weight excluding hydrogens is 274 g/mol. The van der Waals surface area contributed by atoms with Gasteiger partial charge in [-0.2, -0.15) is 0 Å². The Kier molecular flexibility index (Phi) is 5.30. The van der Waals surface area contributed by atoms with Gasteiger partial charge in [0.1, 0.15) is 11.6 Å². The lowest BCUT2D eigenvalue weighted by Gasteiger charge is -2.45. The summed E-state index contributed by atoms with van der Waals surface area (Å²) in [6.07, 6.45) is 3.69. The Labute approximate surface area is 124 Å². The fourth-order valence-electron chi connectivity index (χ4n) is 3.57. The van der Waals surface area contributed by atoms with Crippen molar-refractivity contribution in [2.45, 2.75) is 51.2 Å². The molecule has 0 aliphatic heterocycles. The minimum atomic E-state index is -0.587. The lowest BCUT2D eigenvalue weighted by molar-refractivity contribution is -0.102. The molecule has 3 atom stereocenters. The van der Waals surface area contributed by atoms with Crippen LogP contribution in [0.3, 0.4) is 0 Å². The van der Waals surface area contributed by atoms with E-state index in [4.69, 9.17) is 10.6 Å². The first-order chi connectivity index (χ1) is 10.0. The third-order valence-electron chi connectivity index (χ3n) is 4.38. The second-order valence-electron chi connectivity index (χ2n) is 5.96. The third kappa shape index (κ3) is 3.42. The van der Waals surface area contributed by atoms with E-state index in [2.05, 4.69) is 12.3 Å². The van der Waals surface area contributed by atoms with Gasteiger partial charge in [0.05, 0.1) is 11.6 Å². The number of benzene rings is 1. The molecule has 0 heterocycles. The van der Waals surface area contributed by atoms with Crippen molar-refractivity contribution in [1.29, 1.82) is 0 Å². The van der Waals surface area contributed by atoms with E-state index in [9.17, 15) is 8.78 Å². The zero-order valence-electron chi connectivity index (χ0n) is 12.7. The van der Waals surface area contributed by atoms with Crippen LogP contribution in [-0.2, 0) is 4.74 Å². The van der Waals surface area contributed by atoms with Crippen molar-refractivity contribution in [1.82, 2.24) is 5.43 Å². The Balaban J connectivity index is 2.42. The lowest BCUT2D eigenvalue weighted by Crippen LogP contribution is -2.51. The number of halogens is 2. The normalized spacial score (nSPS) is 27.6. The minimum Gasteiger partial charge on any atom is -0.373 e. The van der Waals surface area contributed by atoms with Gasteiger partial charge in [-0.05, 0) is 43.9 Å². The van der Waals surface area contributed by atoms with E-state index in [1.165, 1.54) is 6.07 Å². The summed E-state index contributed by atoms with van der Waals surface area (Å²) in [4.78, 5) is 0. The van der Waals surface area contributed by atoms with E-state index in [0.29, 0.717) is 12.5 Å². The van der Waals surface area contributed by atoms with Gasteiger partial charge in [-0.25, -0.2) is 14.2 Å². The summed E-state index contributed by atoms with van der Waals surface area (Å²) in [5.74, 6) is 5.23. The van der Waals surface area contributed by atoms with Crippen LogP contribution in [-0.4, -0.2) is 12.2 Å². The van der Waals surface area contributed by atoms with Crippen LogP contribution in [0.25, 0.3) is 0 Å². The summed E-state index contributed by atoms with van der Waals surface area (Å²) in [7, 11) is 0. The number of hydrogen-bond acceptors (Lipinski definition) is 3. The first-order valence-corrected chi connectivity index (χ1v) is 7.57. The standard InChI is InChI=1S/C16H24F2N2O/c1-3-21-16(8-4-5-11(2)10-16)15(20-19)13-9-12(17)6-7-14(13)18/h6-7,9,11,15,20H,3-5,8,10,19H2,1-2H3. The molecule has 0 amide bonds. The number of ether oxygens (including phenoxy) is 1. The zero-order chi connectivity index (χ0) is 15.5. The van der Waals surface area contributed by atoms with Crippen LogP contribution >= 0.6 is 0 Å². The van der Waals surface area contributed by atoms with Crippen LogP contribution in [0, 0.1) is 17.6 Å². The van der Waals surface area contributed by atoms with Crippen LogP contribution in [0.4, 0.5) is 8.78 Å². The van der Waals surface area contributed by atoms with Gasteiger partial charge in [-0.1, -0.05) is 19.8 Å². The van der Waals surface area contributed by atoms with Crippen LogP contribution in [0.15, 0.2) is 18.2 Å². The van der Waals surface area contributed by atoms with Gasteiger partial charge in [0, 0.05) is 12.2 Å². The second kappa shape index (κ2) is 6.81. The predicted octanol–water partition coefficient (Wildman–Crippen LogP) is 3.45. The van der Waals surface area contributed by atoms with E-state index in [1.807, 2.05) is 6.92 Å². The molecule has 0 saturated heterocycles. The SMILES string of the molecule is CCOC1(C(NN)c2cc(F)ccc2F)CCCC(C)C1. The summed E-state index contributed by atoms with van der Waals surface area (Å²) in [5, 5.41) is 0. The predicted molar refractivity (Wildman–Crippen MR) is 78.4 cm³/mol. The number of hydrazine groups is 1. The van der Waals surface area contributed by atoms with Crippen molar-refractivity contribution in [3.8, 4) is 0 Å². The Morgan fingerprint density at radius 3 is 2.86 bits per heavy atom. The maximum Gasteiger partial charge on any atom is 0.128 e. The van der Waals surface area contributed by atoms with E-state index >= 15 is 0 Å². The quantitative estimate of drug-likeness (QED) is 0.646. The molecule has 0 radical (unpaired) electrons. The summed E-state index contributed by atoms with van der Waals surface area (Å²) in [5.41, 5.74) is 2.32. The topological polar surface area (TPSA) is 47.3 Å². The molecule has 1 aromatic carbocycles. The molecule has 21 heavy (non-hydrogen) atoms. The largest absolute Gasteiger partial charge is 0.373 e. The molecule has 1 aliphatic rings. The van der Waals surface area contributed by atoms with Crippen molar-refractivity contribution >= 4 is 0 Å². The fraction of sp³-hybridized carbons (Fsp3) is 0.625. The van der Waals surface area contributed by atoms with Crippen molar-refractivity contribution in [2.24, 2.45) is 11.8 Å². The van der Waals surface area contributed by atoms with E-state index in [1.54, 1.807) is 0 Å². The third-order valence-corrected chi connectivity index (χ3v) is 4.38. The monoisotopic (exact) mass is 298 g/mol. The van der Waals surface area contributed by atoms with Crippen LogP contribution in [0.2, 0.25) is 0 Å². The van der Waals surface area contributed by atoms with Crippen LogP contribution in [0.5, 0.6) is 0 Å². The zero-order valence-corrected chi connectivity index (χ0v) is 12.7. The molecule has 0 spiro atoms. The maximum absolute atomic E-state index is 14.2. The van der Waals surface area contributed by atoms with Crippen molar-refractivity contribution in [3.63, 3.8) is 0 Å². The van der Waals surface area contributed by atoms with E-state index in [0.717, 1.165) is 37.8 Å². The van der Waals surface area contributed by atoms with Crippen LogP contribution < -0.4 is 11.3 Å². The van der Waals surface area contributed by atoms with E-state index in [-0.39, 0.29) is 5.56 Å². The maximum atomic E-state index is 14.2. The molecule has 0 bridgehead atoms. The van der Waals surface area contributed by atoms with E-state index < -0.39 is 23.3 Å². The van der Waals surface area contributed by atoms with Crippen molar-refractivity contribution < 1.29 is 13.5 Å². The van der Waals surface area contributed by atoms with Gasteiger partial charge in [-0.3, -0.25) is 5.84 Å².